The maximum atomic E-state index is 11.2. The van der Waals surface area contributed by atoms with Crippen LogP contribution in [-0.2, 0) is 17.6 Å². The van der Waals surface area contributed by atoms with E-state index in [-0.39, 0.29) is 5.91 Å². The molecule has 0 spiro atoms. The summed E-state index contributed by atoms with van der Waals surface area (Å²) in [5.74, 6) is 1.51. The third-order valence-corrected chi connectivity index (χ3v) is 5.86. The van der Waals surface area contributed by atoms with E-state index in [4.69, 9.17) is 9.15 Å². The second-order valence-corrected chi connectivity index (χ2v) is 8.48. The number of carbonyl (C=O) groups excluding carboxylic acids is 1. The van der Waals surface area contributed by atoms with Gasteiger partial charge in [0.1, 0.15) is 17.1 Å². The molecule has 1 N–H and O–H groups in total. The summed E-state index contributed by atoms with van der Waals surface area (Å²) < 4.78 is 12.1. The van der Waals surface area contributed by atoms with Crippen molar-refractivity contribution in [3.05, 3.63) is 82.9 Å². The van der Waals surface area contributed by atoms with Crippen molar-refractivity contribution < 1.29 is 13.9 Å². The summed E-state index contributed by atoms with van der Waals surface area (Å²) in [5.41, 5.74) is 7.37. The Morgan fingerprint density at radius 1 is 0.971 bits per heavy atom. The van der Waals surface area contributed by atoms with Gasteiger partial charge in [-0.2, -0.15) is 0 Å². The van der Waals surface area contributed by atoms with Gasteiger partial charge in [0.25, 0.3) is 0 Å². The lowest BCUT2D eigenvalue weighted by molar-refractivity contribution is -0.114. The number of hydrogen-bond acceptors (Lipinski definition) is 3. The average molecular weight is 454 g/mol. The van der Waals surface area contributed by atoms with Gasteiger partial charge < -0.3 is 14.5 Å². The molecule has 0 aliphatic carbocycles. The smallest absolute Gasteiger partial charge is 0.221 e. The number of fused-ring (bicyclic) bond motifs is 1. The second-order valence-electron chi connectivity index (χ2n) is 8.48. The highest BCUT2D eigenvalue weighted by molar-refractivity contribution is 5.89. The Kier molecular flexibility index (Phi) is 7.17. The quantitative estimate of drug-likeness (QED) is 0.277. The van der Waals surface area contributed by atoms with Crippen molar-refractivity contribution in [2.75, 3.05) is 12.4 Å². The Hall–Kier alpha value is -3.79. The first-order chi connectivity index (χ1) is 16.5. The summed E-state index contributed by atoms with van der Waals surface area (Å²) in [6.45, 7) is 5.88. The van der Waals surface area contributed by atoms with E-state index in [2.05, 4.69) is 49.5 Å². The van der Waals surface area contributed by atoms with Gasteiger partial charge in [0.2, 0.25) is 5.91 Å². The number of benzene rings is 3. The Morgan fingerprint density at radius 2 is 1.71 bits per heavy atom. The minimum Gasteiger partial charge on any atom is -0.496 e. The average Bonchev–Trinajstić information content (AvgIpc) is 3.26. The molecule has 1 heterocycles. The number of furan rings is 1. The van der Waals surface area contributed by atoms with Crippen molar-refractivity contribution in [1.29, 1.82) is 0 Å². The summed E-state index contributed by atoms with van der Waals surface area (Å²) in [4.78, 5) is 11.2. The highest BCUT2D eigenvalue weighted by atomic mass is 16.5. The number of hydrogen-bond donors (Lipinski definition) is 1. The number of anilines is 1. The third-order valence-electron chi connectivity index (χ3n) is 5.86. The van der Waals surface area contributed by atoms with Crippen LogP contribution in [0.5, 0.6) is 5.75 Å². The summed E-state index contributed by atoms with van der Waals surface area (Å²) in [6.07, 6.45) is 7.22. The predicted molar refractivity (Wildman–Crippen MR) is 141 cm³/mol. The van der Waals surface area contributed by atoms with Crippen LogP contribution >= 0.6 is 0 Å². The minimum absolute atomic E-state index is 0.0766. The molecule has 0 fully saturated rings. The van der Waals surface area contributed by atoms with Gasteiger partial charge >= 0.3 is 0 Å². The first-order valence-corrected chi connectivity index (χ1v) is 11.8. The van der Waals surface area contributed by atoms with Crippen LogP contribution in [0.4, 0.5) is 5.69 Å². The van der Waals surface area contributed by atoms with Crippen LogP contribution in [0.1, 0.15) is 49.4 Å². The molecular formula is C30H31NO3. The van der Waals surface area contributed by atoms with Crippen molar-refractivity contribution >= 4 is 34.7 Å². The highest BCUT2D eigenvalue weighted by Crippen LogP contribution is 2.37. The van der Waals surface area contributed by atoms with Crippen LogP contribution in [0, 0.1) is 0 Å². The minimum atomic E-state index is -0.0766. The number of aryl methyl sites for hydroxylation is 2. The topological polar surface area (TPSA) is 51.5 Å². The number of carbonyl (C=O) groups is 1. The van der Waals surface area contributed by atoms with Crippen LogP contribution in [-0.4, -0.2) is 13.0 Å². The Morgan fingerprint density at radius 3 is 2.38 bits per heavy atom. The van der Waals surface area contributed by atoms with Gasteiger partial charge in [0.15, 0.2) is 0 Å². The Balaban J connectivity index is 1.61. The number of methoxy groups -OCH3 is 1. The third kappa shape index (κ3) is 5.23. The van der Waals surface area contributed by atoms with E-state index in [0.29, 0.717) is 0 Å². The number of nitrogens with one attached hydrogen (secondary N) is 1. The highest BCUT2D eigenvalue weighted by Gasteiger charge is 2.14. The second kappa shape index (κ2) is 10.4. The fourth-order valence-corrected chi connectivity index (χ4v) is 4.21. The fourth-order valence-electron chi connectivity index (χ4n) is 4.21. The molecule has 34 heavy (non-hydrogen) atoms. The Labute approximate surface area is 201 Å². The zero-order chi connectivity index (χ0) is 24.1. The molecule has 0 saturated carbocycles. The van der Waals surface area contributed by atoms with Gasteiger partial charge in [0.05, 0.1) is 12.7 Å². The molecule has 3 aromatic carbocycles. The molecule has 0 aliphatic heterocycles. The van der Waals surface area contributed by atoms with Crippen LogP contribution in [0.15, 0.2) is 65.1 Å². The summed E-state index contributed by atoms with van der Waals surface area (Å²) in [7, 11) is 1.69. The zero-order valence-corrected chi connectivity index (χ0v) is 20.3. The summed E-state index contributed by atoms with van der Waals surface area (Å²) >= 11 is 0. The Bertz CT molecular complexity index is 1330. The molecule has 4 aromatic rings. The SMILES string of the molecule is CCCc1cc(CC)c2oc(-c3ccc(/C=C/c4ccc(NC(C)=O)cc4)cc3OC)cc2c1. The first-order valence-electron chi connectivity index (χ1n) is 11.8. The number of rotatable bonds is 8. The molecule has 0 saturated heterocycles. The summed E-state index contributed by atoms with van der Waals surface area (Å²) in [6, 6.07) is 20.5. The molecule has 0 radical (unpaired) electrons. The van der Waals surface area contributed by atoms with Crippen molar-refractivity contribution in [3.8, 4) is 17.1 Å². The van der Waals surface area contributed by atoms with E-state index < -0.39 is 0 Å². The summed E-state index contributed by atoms with van der Waals surface area (Å²) in [5, 5.41) is 3.93. The van der Waals surface area contributed by atoms with Crippen LogP contribution in [0.2, 0.25) is 0 Å². The van der Waals surface area contributed by atoms with Crippen molar-refractivity contribution in [2.45, 2.75) is 40.0 Å². The van der Waals surface area contributed by atoms with E-state index in [0.717, 1.165) is 64.1 Å². The largest absolute Gasteiger partial charge is 0.496 e. The zero-order valence-electron chi connectivity index (χ0n) is 20.3. The van der Waals surface area contributed by atoms with Crippen LogP contribution in [0.25, 0.3) is 34.4 Å². The van der Waals surface area contributed by atoms with E-state index in [1.807, 2.05) is 42.5 Å². The molecule has 0 unspecified atom stereocenters. The maximum absolute atomic E-state index is 11.2. The van der Waals surface area contributed by atoms with Gasteiger partial charge in [0, 0.05) is 18.0 Å². The van der Waals surface area contributed by atoms with Gasteiger partial charge in [-0.05, 0) is 71.5 Å². The van der Waals surface area contributed by atoms with E-state index in [9.17, 15) is 4.79 Å². The van der Waals surface area contributed by atoms with Gasteiger partial charge in [-0.1, -0.05) is 56.7 Å². The monoisotopic (exact) mass is 453 g/mol. The van der Waals surface area contributed by atoms with Crippen molar-refractivity contribution in [3.63, 3.8) is 0 Å². The van der Waals surface area contributed by atoms with Crippen molar-refractivity contribution in [2.24, 2.45) is 0 Å². The fraction of sp³-hybridized carbons (Fsp3) is 0.233. The molecule has 0 bridgehead atoms. The lowest BCUT2D eigenvalue weighted by Gasteiger charge is -2.07. The molecule has 4 heteroatoms. The lowest BCUT2D eigenvalue weighted by atomic mass is 10.0. The molecule has 4 rings (SSSR count). The molecule has 1 aromatic heterocycles. The van der Waals surface area contributed by atoms with Crippen LogP contribution < -0.4 is 10.1 Å². The van der Waals surface area contributed by atoms with E-state index >= 15 is 0 Å². The molecular weight excluding hydrogens is 422 g/mol. The van der Waals surface area contributed by atoms with Gasteiger partial charge in [-0.25, -0.2) is 0 Å². The lowest BCUT2D eigenvalue weighted by Crippen LogP contribution is -2.05. The number of amides is 1. The van der Waals surface area contributed by atoms with Gasteiger partial charge in [-0.15, -0.1) is 0 Å². The maximum Gasteiger partial charge on any atom is 0.221 e. The molecule has 0 aliphatic rings. The van der Waals surface area contributed by atoms with Gasteiger partial charge in [-0.3, -0.25) is 4.79 Å². The van der Waals surface area contributed by atoms with Crippen molar-refractivity contribution in [1.82, 2.24) is 0 Å². The molecule has 0 atom stereocenters. The normalized spacial score (nSPS) is 11.3. The van der Waals surface area contributed by atoms with E-state index in [1.165, 1.54) is 18.1 Å². The van der Waals surface area contributed by atoms with E-state index in [1.54, 1.807) is 7.11 Å². The molecule has 174 valence electrons. The predicted octanol–water partition coefficient (Wildman–Crippen LogP) is 7.75. The molecule has 1 amide bonds. The first kappa shape index (κ1) is 23.4. The number of ether oxygens (including phenoxy) is 1. The molecule has 4 nitrogen and oxygen atoms in total. The standard InChI is InChI=1S/C30H31NO3/c1-5-7-23-16-24(6-2)30-25(17-23)19-29(34-30)27-15-12-22(18-28(27)33-4)9-8-21-10-13-26(14-11-21)31-20(3)32/h8-19H,5-7H2,1-4H3,(H,31,32)/b9-8+. The van der Waals surface area contributed by atoms with Crippen LogP contribution in [0.3, 0.4) is 0 Å².